The van der Waals surface area contributed by atoms with Crippen molar-refractivity contribution in [1.29, 1.82) is 0 Å². The van der Waals surface area contributed by atoms with E-state index in [2.05, 4.69) is 0 Å². The number of carbonyl (C=O) groups is 1. The van der Waals surface area contributed by atoms with Gasteiger partial charge in [0.05, 0.1) is 25.8 Å². The van der Waals surface area contributed by atoms with Crippen LogP contribution in [0.1, 0.15) is 35.8 Å². The highest BCUT2D eigenvalue weighted by Crippen LogP contribution is 2.27. The van der Waals surface area contributed by atoms with Crippen LogP contribution in [-0.4, -0.2) is 31.6 Å². The van der Waals surface area contributed by atoms with Crippen molar-refractivity contribution in [2.45, 2.75) is 19.9 Å². The molecule has 0 radical (unpaired) electrons. The van der Waals surface area contributed by atoms with Gasteiger partial charge in [-0.25, -0.2) is 0 Å². The Hall–Kier alpha value is -2.49. The van der Waals surface area contributed by atoms with Crippen LogP contribution in [0.5, 0.6) is 11.5 Å². The van der Waals surface area contributed by atoms with E-state index in [1.807, 2.05) is 55.1 Å². The summed E-state index contributed by atoms with van der Waals surface area (Å²) in [5.41, 5.74) is 1.61. The summed E-state index contributed by atoms with van der Waals surface area (Å²) in [4.78, 5) is 14.8. The molecule has 1 unspecified atom stereocenters. The molecule has 0 aliphatic heterocycles. The summed E-state index contributed by atoms with van der Waals surface area (Å²) < 4.78 is 10.6. The Labute approximate surface area is 137 Å². The number of methoxy groups -OCH3 is 2. The van der Waals surface area contributed by atoms with Gasteiger partial charge < -0.3 is 14.4 Å². The predicted octanol–water partition coefficient (Wildman–Crippen LogP) is 3.93. The van der Waals surface area contributed by atoms with Crippen molar-refractivity contribution >= 4 is 5.91 Å². The molecule has 0 fully saturated rings. The third-order valence-electron chi connectivity index (χ3n) is 3.98. The van der Waals surface area contributed by atoms with Gasteiger partial charge >= 0.3 is 0 Å². The standard InChI is InChI=1S/C19H23NO3/c1-5-20(14(2)15-9-8-10-16(13-15)22-3)19(21)17-11-6-7-12-18(17)23-4/h6-14H,5H2,1-4H3. The maximum Gasteiger partial charge on any atom is 0.258 e. The van der Waals surface area contributed by atoms with E-state index in [1.54, 1.807) is 26.4 Å². The van der Waals surface area contributed by atoms with E-state index in [0.717, 1.165) is 11.3 Å². The van der Waals surface area contributed by atoms with E-state index in [1.165, 1.54) is 0 Å². The molecule has 0 saturated heterocycles. The van der Waals surface area contributed by atoms with E-state index < -0.39 is 0 Å². The number of hydrogen-bond acceptors (Lipinski definition) is 3. The topological polar surface area (TPSA) is 38.8 Å². The van der Waals surface area contributed by atoms with Gasteiger partial charge in [0.25, 0.3) is 5.91 Å². The summed E-state index contributed by atoms with van der Waals surface area (Å²) >= 11 is 0. The number of hydrogen-bond donors (Lipinski definition) is 0. The van der Waals surface area contributed by atoms with Crippen LogP contribution < -0.4 is 9.47 Å². The highest BCUT2D eigenvalue weighted by atomic mass is 16.5. The number of nitrogens with zero attached hydrogens (tertiary/aromatic N) is 1. The van der Waals surface area contributed by atoms with Gasteiger partial charge in [0, 0.05) is 6.54 Å². The Balaban J connectivity index is 2.32. The Morgan fingerprint density at radius 3 is 2.48 bits per heavy atom. The summed E-state index contributed by atoms with van der Waals surface area (Å²) in [6.45, 7) is 4.60. The van der Waals surface area contributed by atoms with Gasteiger partial charge in [0.1, 0.15) is 11.5 Å². The molecule has 122 valence electrons. The minimum atomic E-state index is -0.0625. The number of benzene rings is 2. The summed E-state index contributed by atoms with van der Waals surface area (Å²) in [5, 5.41) is 0. The van der Waals surface area contributed by atoms with Gasteiger partial charge in [0.15, 0.2) is 0 Å². The van der Waals surface area contributed by atoms with E-state index in [4.69, 9.17) is 9.47 Å². The lowest BCUT2D eigenvalue weighted by molar-refractivity contribution is 0.0698. The lowest BCUT2D eigenvalue weighted by Crippen LogP contribution is -2.33. The van der Waals surface area contributed by atoms with Crippen molar-refractivity contribution in [2.24, 2.45) is 0 Å². The van der Waals surface area contributed by atoms with E-state index >= 15 is 0 Å². The zero-order valence-corrected chi connectivity index (χ0v) is 14.1. The van der Waals surface area contributed by atoms with E-state index in [0.29, 0.717) is 17.9 Å². The maximum atomic E-state index is 12.9. The third-order valence-corrected chi connectivity index (χ3v) is 3.98. The highest BCUT2D eigenvalue weighted by molar-refractivity contribution is 5.97. The first-order chi connectivity index (χ1) is 11.1. The zero-order valence-electron chi connectivity index (χ0n) is 14.1. The van der Waals surface area contributed by atoms with Crippen molar-refractivity contribution < 1.29 is 14.3 Å². The largest absolute Gasteiger partial charge is 0.497 e. The average molecular weight is 313 g/mol. The molecule has 0 heterocycles. The Bertz CT molecular complexity index is 669. The SMILES string of the molecule is CCN(C(=O)c1ccccc1OC)C(C)c1cccc(OC)c1. The number of amides is 1. The fraction of sp³-hybridized carbons (Fsp3) is 0.316. The molecule has 23 heavy (non-hydrogen) atoms. The number of carbonyl (C=O) groups excluding carboxylic acids is 1. The van der Waals surface area contributed by atoms with Crippen LogP contribution >= 0.6 is 0 Å². The normalized spacial score (nSPS) is 11.7. The highest BCUT2D eigenvalue weighted by Gasteiger charge is 2.23. The van der Waals surface area contributed by atoms with Crippen LogP contribution in [0.4, 0.5) is 0 Å². The molecule has 0 spiro atoms. The fourth-order valence-electron chi connectivity index (χ4n) is 2.65. The van der Waals surface area contributed by atoms with Crippen molar-refractivity contribution in [3.8, 4) is 11.5 Å². The van der Waals surface area contributed by atoms with Crippen molar-refractivity contribution in [1.82, 2.24) is 4.90 Å². The Morgan fingerprint density at radius 1 is 1.09 bits per heavy atom. The second kappa shape index (κ2) is 7.68. The van der Waals surface area contributed by atoms with E-state index in [-0.39, 0.29) is 11.9 Å². The first kappa shape index (κ1) is 16.9. The number of para-hydroxylation sites is 1. The molecule has 1 atom stereocenters. The van der Waals surface area contributed by atoms with Gasteiger partial charge in [-0.1, -0.05) is 24.3 Å². The van der Waals surface area contributed by atoms with Crippen molar-refractivity contribution in [3.05, 3.63) is 59.7 Å². The van der Waals surface area contributed by atoms with Crippen LogP contribution in [-0.2, 0) is 0 Å². The van der Waals surface area contributed by atoms with Gasteiger partial charge in [-0.3, -0.25) is 4.79 Å². The second-order valence-corrected chi connectivity index (χ2v) is 5.24. The zero-order chi connectivity index (χ0) is 16.8. The molecule has 2 aromatic rings. The molecule has 1 amide bonds. The lowest BCUT2D eigenvalue weighted by Gasteiger charge is -2.29. The van der Waals surface area contributed by atoms with Gasteiger partial charge in [-0.15, -0.1) is 0 Å². The number of ether oxygens (including phenoxy) is 2. The van der Waals surface area contributed by atoms with Crippen LogP contribution in [0.15, 0.2) is 48.5 Å². The Kier molecular flexibility index (Phi) is 5.63. The molecule has 0 aromatic heterocycles. The first-order valence-corrected chi connectivity index (χ1v) is 7.70. The quantitative estimate of drug-likeness (QED) is 0.811. The molecular weight excluding hydrogens is 290 g/mol. The Morgan fingerprint density at radius 2 is 1.83 bits per heavy atom. The van der Waals surface area contributed by atoms with Crippen molar-refractivity contribution in [3.63, 3.8) is 0 Å². The lowest BCUT2D eigenvalue weighted by atomic mass is 10.0. The van der Waals surface area contributed by atoms with Gasteiger partial charge in [-0.05, 0) is 43.7 Å². The van der Waals surface area contributed by atoms with Crippen molar-refractivity contribution in [2.75, 3.05) is 20.8 Å². The summed E-state index contributed by atoms with van der Waals surface area (Å²) in [6, 6.07) is 15.0. The molecule has 2 rings (SSSR count). The molecule has 4 heteroatoms. The molecule has 0 bridgehead atoms. The van der Waals surface area contributed by atoms with Gasteiger partial charge in [0.2, 0.25) is 0 Å². The molecular formula is C19H23NO3. The number of rotatable bonds is 6. The fourth-order valence-corrected chi connectivity index (χ4v) is 2.65. The van der Waals surface area contributed by atoms with Crippen LogP contribution in [0.25, 0.3) is 0 Å². The molecule has 4 nitrogen and oxygen atoms in total. The monoisotopic (exact) mass is 313 g/mol. The van der Waals surface area contributed by atoms with Crippen LogP contribution in [0.3, 0.4) is 0 Å². The molecule has 0 aliphatic carbocycles. The molecule has 0 N–H and O–H groups in total. The molecule has 0 aliphatic rings. The van der Waals surface area contributed by atoms with Crippen LogP contribution in [0, 0.1) is 0 Å². The van der Waals surface area contributed by atoms with Gasteiger partial charge in [-0.2, -0.15) is 0 Å². The second-order valence-electron chi connectivity index (χ2n) is 5.24. The van der Waals surface area contributed by atoms with E-state index in [9.17, 15) is 4.79 Å². The molecule has 2 aromatic carbocycles. The smallest absolute Gasteiger partial charge is 0.258 e. The summed E-state index contributed by atoms with van der Waals surface area (Å²) in [6.07, 6.45) is 0. The molecule has 0 saturated carbocycles. The first-order valence-electron chi connectivity index (χ1n) is 7.70. The maximum absolute atomic E-state index is 12.9. The third kappa shape index (κ3) is 3.65. The summed E-state index contributed by atoms with van der Waals surface area (Å²) in [7, 11) is 3.22. The average Bonchev–Trinajstić information content (AvgIpc) is 2.62. The van der Waals surface area contributed by atoms with Crippen LogP contribution in [0.2, 0.25) is 0 Å². The minimum Gasteiger partial charge on any atom is -0.497 e. The summed E-state index contributed by atoms with van der Waals surface area (Å²) in [5.74, 6) is 1.34. The minimum absolute atomic E-state index is 0.0414. The predicted molar refractivity (Wildman–Crippen MR) is 91.1 cm³/mol.